The highest BCUT2D eigenvalue weighted by atomic mass is 127. The lowest BCUT2D eigenvalue weighted by atomic mass is 10.3. The highest BCUT2D eigenvalue weighted by Crippen LogP contribution is 2.07. The number of aryl methyl sites for hydroxylation is 2. The largest absolute Gasteiger partial charge is 0.359 e. The van der Waals surface area contributed by atoms with Gasteiger partial charge in [-0.3, -0.25) is 0 Å². The average Bonchev–Trinajstić information content (AvgIpc) is 3.13. The molecule has 1 N–H and O–H groups in total. The normalized spacial score (nSPS) is 11.2. The lowest BCUT2D eigenvalue weighted by Crippen LogP contribution is -2.38. The highest BCUT2D eigenvalue weighted by Gasteiger charge is 2.09. The molecule has 0 saturated heterocycles. The molecule has 0 fully saturated rings. The molecule has 0 spiro atoms. The fourth-order valence-electron chi connectivity index (χ4n) is 2.20. The minimum absolute atomic E-state index is 0. The Balaban J connectivity index is 0.00000264. The summed E-state index contributed by atoms with van der Waals surface area (Å²) in [6, 6.07) is 6.13. The van der Waals surface area contributed by atoms with Crippen LogP contribution in [0.5, 0.6) is 0 Å². The fraction of sp³-hybridized carbons (Fsp3) is 0.500. The van der Waals surface area contributed by atoms with E-state index in [-0.39, 0.29) is 24.0 Å². The molecule has 0 amide bonds. The van der Waals surface area contributed by atoms with Crippen molar-refractivity contribution < 1.29 is 4.52 Å². The molecule has 7 heteroatoms. The fourth-order valence-corrected chi connectivity index (χ4v) is 2.20. The first-order valence-electron chi connectivity index (χ1n) is 7.68. The molecule has 0 atom stereocenters. The summed E-state index contributed by atoms with van der Waals surface area (Å²) in [5.74, 6) is 1.65. The monoisotopic (exact) mass is 431 g/mol. The van der Waals surface area contributed by atoms with Gasteiger partial charge in [-0.1, -0.05) is 12.1 Å². The van der Waals surface area contributed by atoms with Crippen molar-refractivity contribution in [1.82, 2.24) is 19.9 Å². The SMILES string of the molecule is CCNC(=NCc1cc(CC)no1)N(C)Cc1cccn1C.I. The van der Waals surface area contributed by atoms with Crippen molar-refractivity contribution in [3.05, 3.63) is 41.5 Å². The molecular weight excluding hydrogens is 405 g/mol. The van der Waals surface area contributed by atoms with Gasteiger partial charge in [0, 0.05) is 38.6 Å². The Bertz CT molecular complexity index is 620. The Kier molecular flexibility index (Phi) is 8.15. The molecule has 0 saturated carbocycles. The maximum Gasteiger partial charge on any atom is 0.194 e. The number of hydrogen-bond donors (Lipinski definition) is 1. The first-order chi connectivity index (χ1) is 10.6. The molecule has 0 unspecified atom stereocenters. The molecule has 2 aromatic rings. The summed E-state index contributed by atoms with van der Waals surface area (Å²) in [7, 11) is 4.08. The second-order valence-corrected chi connectivity index (χ2v) is 5.27. The van der Waals surface area contributed by atoms with Crippen LogP contribution in [0.3, 0.4) is 0 Å². The third kappa shape index (κ3) is 5.56. The second kappa shape index (κ2) is 9.59. The average molecular weight is 431 g/mol. The van der Waals surface area contributed by atoms with Gasteiger partial charge in [-0.2, -0.15) is 0 Å². The van der Waals surface area contributed by atoms with Gasteiger partial charge < -0.3 is 19.3 Å². The molecule has 23 heavy (non-hydrogen) atoms. The van der Waals surface area contributed by atoms with E-state index in [0.29, 0.717) is 6.54 Å². The standard InChI is InChI=1S/C16H25N5O.HI/c1-5-13-10-15(22-19-13)11-18-16(17-6-2)21(4)12-14-8-7-9-20(14)3;/h7-10H,5-6,11-12H2,1-4H3,(H,17,18);1H. The predicted octanol–water partition coefficient (Wildman–Crippen LogP) is 2.79. The zero-order valence-corrected chi connectivity index (χ0v) is 16.6. The summed E-state index contributed by atoms with van der Waals surface area (Å²) in [5, 5.41) is 7.30. The quantitative estimate of drug-likeness (QED) is 0.434. The summed E-state index contributed by atoms with van der Waals surface area (Å²) in [6.45, 7) is 6.24. The van der Waals surface area contributed by atoms with Crippen molar-refractivity contribution in [2.24, 2.45) is 12.0 Å². The summed E-state index contributed by atoms with van der Waals surface area (Å²) >= 11 is 0. The van der Waals surface area contributed by atoms with Gasteiger partial charge in [0.25, 0.3) is 0 Å². The van der Waals surface area contributed by atoms with Gasteiger partial charge >= 0.3 is 0 Å². The Hall–Kier alpha value is -1.51. The smallest absolute Gasteiger partial charge is 0.194 e. The first kappa shape index (κ1) is 19.5. The van der Waals surface area contributed by atoms with E-state index in [2.05, 4.69) is 44.8 Å². The van der Waals surface area contributed by atoms with E-state index in [0.717, 1.165) is 36.9 Å². The van der Waals surface area contributed by atoms with Crippen LogP contribution >= 0.6 is 24.0 Å². The molecule has 0 radical (unpaired) electrons. The maximum atomic E-state index is 5.28. The van der Waals surface area contributed by atoms with Crippen LogP contribution in [0.15, 0.2) is 33.9 Å². The van der Waals surface area contributed by atoms with E-state index in [4.69, 9.17) is 4.52 Å². The van der Waals surface area contributed by atoms with Crippen molar-refractivity contribution in [3.63, 3.8) is 0 Å². The Morgan fingerprint density at radius 2 is 2.22 bits per heavy atom. The van der Waals surface area contributed by atoms with Gasteiger partial charge in [0.1, 0.15) is 6.54 Å². The van der Waals surface area contributed by atoms with Crippen LogP contribution in [0.1, 0.15) is 31.0 Å². The molecule has 2 heterocycles. The number of aliphatic imine (C=N–C) groups is 1. The minimum atomic E-state index is 0. The van der Waals surface area contributed by atoms with Crippen LogP contribution in [0.2, 0.25) is 0 Å². The van der Waals surface area contributed by atoms with Crippen molar-refractivity contribution in [1.29, 1.82) is 0 Å². The van der Waals surface area contributed by atoms with Gasteiger partial charge in [0.2, 0.25) is 0 Å². The van der Waals surface area contributed by atoms with Gasteiger partial charge in [0.05, 0.1) is 12.2 Å². The number of aromatic nitrogens is 2. The first-order valence-corrected chi connectivity index (χ1v) is 7.68. The van der Waals surface area contributed by atoms with E-state index in [1.165, 1.54) is 5.69 Å². The Morgan fingerprint density at radius 3 is 2.78 bits per heavy atom. The van der Waals surface area contributed by atoms with Crippen molar-refractivity contribution in [2.45, 2.75) is 33.4 Å². The van der Waals surface area contributed by atoms with Gasteiger partial charge in [-0.25, -0.2) is 4.99 Å². The minimum Gasteiger partial charge on any atom is -0.359 e. The van der Waals surface area contributed by atoms with E-state index < -0.39 is 0 Å². The number of halogens is 1. The third-order valence-corrected chi connectivity index (χ3v) is 3.50. The molecular formula is C16H26IN5O. The lowest BCUT2D eigenvalue weighted by Gasteiger charge is -2.22. The molecule has 0 aromatic carbocycles. The van der Waals surface area contributed by atoms with E-state index in [9.17, 15) is 0 Å². The molecule has 6 nitrogen and oxygen atoms in total. The molecule has 2 aromatic heterocycles. The number of guanidine groups is 1. The number of nitrogens with zero attached hydrogens (tertiary/aromatic N) is 4. The lowest BCUT2D eigenvalue weighted by molar-refractivity contribution is 0.378. The number of nitrogens with one attached hydrogen (secondary N) is 1. The van der Waals surface area contributed by atoms with Gasteiger partial charge in [-0.15, -0.1) is 24.0 Å². The Labute approximate surface area is 155 Å². The van der Waals surface area contributed by atoms with Crippen molar-refractivity contribution in [3.8, 4) is 0 Å². The molecule has 2 rings (SSSR count). The summed E-state index contributed by atoms with van der Waals surface area (Å²) in [5.41, 5.74) is 2.20. The van der Waals surface area contributed by atoms with Crippen LogP contribution in [0.4, 0.5) is 0 Å². The molecule has 128 valence electrons. The van der Waals surface area contributed by atoms with E-state index >= 15 is 0 Å². The summed E-state index contributed by atoms with van der Waals surface area (Å²) in [4.78, 5) is 6.74. The van der Waals surface area contributed by atoms with Crippen LogP contribution in [-0.4, -0.2) is 34.2 Å². The Morgan fingerprint density at radius 1 is 1.43 bits per heavy atom. The van der Waals surface area contributed by atoms with E-state index in [1.54, 1.807) is 0 Å². The van der Waals surface area contributed by atoms with Crippen LogP contribution < -0.4 is 5.32 Å². The zero-order valence-electron chi connectivity index (χ0n) is 14.2. The van der Waals surface area contributed by atoms with E-state index in [1.807, 2.05) is 32.4 Å². The zero-order chi connectivity index (χ0) is 15.9. The van der Waals surface area contributed by atoms with Crippen LogP contribution in [0, 0.1) is 0 Å². The number of hydrogen-bond acceptors (Lipinski definition) is 3. The second-order valence-electron chi connectivity index (χ2n) is 5.27. The predicted molar refractivity (Wildman–Crippen MR) is 103 cm³/mol. The van der Waals surface area contributed by atoms with Crippen LogP contribution in [0.25, 0.3) is 0 Å². The molecule has 0 aliphatic heterocycles. The molecule has 0 bridgehead atoms. The third-order valence-electron chi connectivity index (χ3n) is 3.50. The number of rotatable bonds is 6. The highest BCUT2D eigenvalue weighted by molar-refractivity contribution is 14.0. The van der Waals surface area contributed by atoms with Gasteiger partial charge in [0.15, 0.2) is 11.7 Å². The van der Waals surface area contributed by atoms with Crippen LogP contribution in [-0.2, 0) is 26.6 Å². The van der Waals surface area contributed by atoms with Crippen molar-refractivity contribution >= 4 is 29.9 Å². The summed E-state index contributed by atoms with van der Waals surface area (Å²) in [6.07, 6.45) is 2.93. The summed E-state index contributed by atoms with van der Waals surface area (Å²) < 4.78 is 7.40. The van der Waals surface area contributed by atoms with Crippen molar-refractivity contribution in [2.75, 3.05) is 13.6 Å². The molecule has 0 aliphatic rings. The maximum absolute atomic E-state index is 5.28. The molecule has 0 aliphatic carbocycles. The van der Waals surface area contributed by atoms with Gasteiger partial charge in [-0.05, 0) is 25.5 Å². The topological polar surface area (TPSA) is 58.6 Å².